The van der Waals surface area contributed by atoms with Gasteiger partial charge in [0, 0.05) is 25.6 Å². The van der Waals surface area contributed by atoms with Gasteiger partial charge in [-0.3, -0.25) is 4.90 Å². The number of nitrogens with zero attached hydrogens (tertiary/aromatic N) is 1. The van der Waals surface area contributed by atoms with Crippen molar-refractivity contribution in [3.8, 4) is 0 Å². The molecular formula is C9H20N3+. The molecule has 12 heavy (non-hydrogen) atoms. The Labute approximate surface area is 74.5 Å². The van der Waals surface area contributed by atoms with E-state index in [4.69, 9.17) is 0 Å². The molecule has 2 saturated heterocycles. The first-order valence-corrected chi connectivity index (χ1v) is 5.23. The van der Waals surface area contributed by atoms with Gasteiger partial charge in [0.1, 0.15) is 6.67 Å². The van der Waals surface area contributed by atoms with Crippen LogP contribution in [0.15, 0.2) is 0 Å². The van der Waals surface area contributed by atoms with Gasteiger partial charge in [-0.25, -0.2) is 0 Å². The van der Waals surface area contributed by atoms with Crippen LogP contribution in [0.1, 0.15) is 19.3 Å². The number of quaternary nitrogens is 1. The highest BCUT2D eigenvalue weighted by Crippen LogP contribution is 2.09. The maximum atomic E-state index is 3.48. The van der Waals surface area contributed by atoms with E-state index in [1.807, 2.05) is 0 Å². The van der Waals surface area contributed by atoms with Gasteiger partial charge in [-0.15, -0.1) is 0 Å². The van der Waals surface area contributed by atoms with Crippen LogP contribution < -0.4 is 10.6 Å². The summed E-state index contributed by atoms with van der Waals surface area (Å²) in [6.45, 7) is 6.33. The van der Waals surface area contributed by atoms with Crippen LogP contribution in [-0.2, 0) is 0 Å². The van der Waals surface area contributed by atoms with E-state index in [1.165, 1.54) is 52.1 Å². The lowest BCUT2D eigenvalue weighted by Crippen LogP contribution is -2.90. The van der Waals surface area contributed by atoms with E-state index in [-0.39, 0.29) is 0 Å². The maximum Gasteiger partial charge on any atom is 0.132 e. The summed E-state index contributed by atoms with van der Waals surface area (Å²) >= 11 is 0. The first kappa shape index (κ1) is 8.48. The predicted molar refractivity (Wildman–Crippen MR) is 48.9 cm³/mol. The number of hydrogen-bond donors (Lipinski definition) is 2. The zero-order valence-electron chi connectivity index (χ0n) is 7.76. The summed E-state index contributed by atoms with van der Waals surface area (Å²) in [5.41, 5.74) is 0. The third kappa shape index (κ3) is 1.97. The van der Waals surface area contributed by atoms with Crippen molar-refractivity contribution in [2.75, 3.05) is 32.8 Å². The molecule has 70 valence electrons. The second-order valence-corrected chi connectivity index (χ2v) is 3.93. The van der Waals surface area contributed by atoms with Crippen molar-refractivity contribution >= 4 is 0 Å². The van der Waals surface area contributed by atoms with E-state index in [0.29, 0.717) is 0 Å². The lowest BCUT2D eigenvalue weighted by atomic mass is 10.1. The number of nitrogens with one attached hydrogen (secondary N) is 1. The fraction of sp³-hybridized carbons (Fsp3) is 1.00. The molecule has 1 atom stereocenters. The average molecular weight is 170 g/mol. The Morgan fingerprint density at radius 1 is 1.33 bits per heavy atom. The third-order valence-electron chi connectivity index (χ3n) is 3.00. The number of piperidine rings is 1. The van der Waals surface area contributed by atoms with Crippen molar-refractivity contribution in [3.63, 3.8) is 0 Å². The lowest BCUT2D eigenvalue weighted by Gasteiger charge is -2.35. The first-order chi connectivity index (χ1) is 5.97. The van der Waals surface area contributed by atoms with Gasteiger partial charge in [0.05, 0.1) is 6.54 Å². The average Bonchev–Trinajstić information content (AvgIpc) is 2.21. The fourth-order valence-corrected chi connectivity index (χ4v) is 2.26. The summed E-state index contributed by atoms with van der Waals surface area (Å²) in [6, 6.07) is 0.829. The maximum absolute atomic E-state index is 3.48. The molecular weight excluding hydrogens is 150 g/mol. The molecule has 0 aromatic carbocycles. The summed E-state index contributed by atoms with van der Waals surface area (Å²) in [5.74, 6) is 0. The molecule has 0 aliphatic carbocycles. The second kappa shape index (κ2) is 4.21. The van der Waals surface area contributed by atoms with Crippen molar-refractivity contribution in [1.82, 2.24) is 10.2 Å². The largest absolute Gasteiger partial charge is 0.334 e. The molecule has 3 N–H and O–H groups in total. The Bertz CT molecular complexity index is 110. The smallest absolute Gasteiger partial charge is 0.132 e. The Hall–Kier alpha value is -0.120. The van der Waals surface area contributed by atoms with E-state index >= 15 is 0 Å². The summed E-state index contributed by atoms with van der Waals surface area (Å²) < 4.78 is 0. The van der Waals surface area contributed by atoms with Crippen molar-refractivity contribution in [1.29, 1.82) is 0 Å². The van der Waals surface area contributed by atoms with Gasteiger partial charge < -0.3 is 10.6 Å². The third-order valence-corrected chi connectivity index (χ3v) is 3.00. The number of hydrogen-bond acceptors (Lipinski definition) is 2. The van der Waals surface area contributed by atoms with Crippen LogP contribution in [0.25, 0.3) is 0 Å². The highest BCUT2D eigenvalue weighted by Gasteiger charge is 2.23. The van der Waals surface area contributed by atoms with Gasteiger partial charge in [0.2, 0.25) is 0 Å². The summed E-state index contributed by atoms with van der Waals surface area (Å²) in [7, 11) is 0. The van der Waals surface area contributed by atoms with Crippen LogP contribution in [-0.4, -0.2) is 43.8 Å². The van der Waals surface area contributed by atoms with Crippen LogP contribution in [0.4, 0.5) is 0 Å². The van der Waals surface area contributed by atoms with Gasteiger partial charge in [-0.2, -0.15) is 0 Å². The molecule has 0 aromatic heterocycles. The Morgan fingerprint density at radius 3 is 3.00 bits per heavy atom. The molecule has 3 nitrogen and oxygen atoms in total. The van der Waals surface area contributed by atoms with Crippen molar-refractivity contribution in [2.45, 2.75) is 25.3 Å². The van der Waals surface area contributed by atoms with Crippen LogP contribution in [0.2, 0.25) is 0 Å². The molecule has 2 aliphatic rings. The Kier molecular flexibility index (Phi) is 2.98. The zero-order chi connectivity index (χ0) is 8.23. The SMILES string of the molecule is C1CNCC(N2CCC[NH2+]C2)C1. The molecule has 2 aliphatic heterocycles. The molecule has 0 saturated carbocycles. The standard InChI is InChI=1S/C9H19N3/c1-3-9(7-10-4-1)12-6-2-5-11-8-12/h9-11H,1-8H2/p+1. The monoisotopic (exact) mass is 170 g/mol. The minimum Gasteiger partial charge on any atom is -0.334 e. The number of rotatable bonds is 1. The molecule has 0 radical (unpaired) electrons. The zero-order valence-corrected chi connectivity index (χ0v) is 7.76. The molecule has 0 bridgehead atoms. The van der Waals surface area contributed by atoms with Crippen LogP contribution in [0, 0.1) is 0 Å². The molecule has 0 spiro atoms. The lowest BCUT2D eigenvalue weighted by molar-refractivity contribution is -0.682. The van der Waals surface area contributed by atoms with E-state index in [0.717, 1.165) is 6.04 Å². The van der Waals surface area contributed by atoms with Crippen molar-refractivity contribution in [3.05, 3.63) is 0 Å². The summed E-state index contributed by atoms with van der Waals surface area (Å²) in [6.07, 6.45) is 4.14. The summed E-state index contributed by atoms with van der Waals surface area (Å²) in [4.78, 5) is 2.63. The van der Waals surface area contributed by atoms with Crippen LogP contribution in [0.5, 0.6) is 0 Å². The quantitative estimate of drug-likeness (QED) is 0.527. The van der Waals surface area contributed by atoms with Gasteiger partial charge in [0.25, 0.3) is 0 Å². The van der Waals surface area contributed by atoms with Crippen LogP contribution >= 0.6 is 0 Å². The van der Waals surface area contributed by atoms with E-state index in [9.17, 15) is 0 Å². The normalized spacial score (nSPS) is 33.5. The molecule has 0 amide bonds. The Morgan fingerprint density at radius 2 is 2.33 bits per heavy atom. The minimum absolute atomic E-state index is 0.829. The van der Waals surface area contributed by atoms with Gasteiger partial charge in [0.15, 0.2) is 0 Å². The molecule has 1 unspecified atom stereocenters. The van der Waals surface area contributed by atoms with Gasteiger partial charge >= 0.3 is 0 Å². The van der Waals surface area contributed by atoms with Crippen molar-refractivity contribution in [2.24, 2.45) is 0 Å². The Balaban J connectivity index is 1.80. The van der Waals surface area contributed by atoms with E-state index in [1.54, 1.807) is 0 Å². The van der Waals surface area contributed by atoms with Crippen LogP contribution in [0.3, 0.4) is 0 Å². The second-order valence-electron chi connectivity index (χ2n) is 3.93. The van der Waals surface area contributed by atoms with E-state index in [2.05, 4.69) is 15.5 Å². The van der Waals surface area contributed by atoms with Crippen molar-refractivity contribution < 1.29 is 5.32 Å². The molecule has 2 heterocycles. The van der Waals surface area contributed by atoms with E-state index < -0.39 is 0 Å². The highest BCUT2D eigenvalue weighted by molar-refractivity contribution is 4.77. The topological polar surface area (TPSA) is 31.9 Å². The first-order valence-electron chi connectivity index (χ1n) is 5.23. The summed E-state index contributed by atoms with van der Waals surface area (Å²) in [5, 5.41) is 5.91. The molecule has 3 heteroatoms. The molecule has 2 fully saturated rings. The molecule has 2 rings (SSSR count). The highest BCUT2D eigenvalue weighted by atomic mass is 15.3. The van der Waals surface area contributed by atoms with Gasteiger partial charge in [-0.05, 0) is 19.4 Å². The number of nitrogens with two attached hydrogens (primary N) is 1. The molecule has 0 aromatic rings. The predicted octanol–water partition coefficient (Wildman–Crippen LogP) is -1.03. The fourth-order valence-electron chi connectivity index (χ4n) is 2.26. The minimum atomic E-state index is 0.829. The van der Waals surface area contributed by atoms with Gasteiger partial charge in [-0.1, -0.05) is 0 Å².